The highest BCUT2D eigenvalue weighted by molar-refractivity contribution is 5.96. The van der Waals surface area contributed by atoms with Gasteiger partial charge in [-0.2, -0.15) is 0 Å². The number of H-pyrrole nitrogens is 1. The van der Waals surface area contributed by atoms with Crippen molar-refractivity contribution in [2.45, 2.75) is 26.3 Å². The van der Waals surface area contributed by atoms with E-state index in [1.165, 1.54) is 5.56 Å². The molecular formula is C22H25N5O2. The number of rotatable bonds is 6. The number of hydrogen-bond donors (Lipinski definition) is 2. The third-order valence-corrected chi connectivity index (χ3v) is 5.19. The predicted octanol–water partition coefficient (Wildman–Crippen LogP) is 3.24. The van der Waals surface area contributed by atoms with Gasteiger partial charge in [0.25, 0.3) is 0 Å². The number of nitrogens with one attached hydrogen (secondary N) is 2. The number of nitrogens with zero attached hydrogens (tertiary/aromatic N) is 3. The van der Waals surface area contributed by atoms with E-state index >= 15 is 0 Å². The average molecular weight is 391 g/mol. The molecule has 3 amide bonds. The number of imidazole rings is 1. The molecule has 0 aliphatic carbocycles. The zero-order valence-corrected chi connectivity index (χ0v) is 16.7. The fraction of sp³-hybridized carbons (Fsp3) is 0.318. The van der Waals surface area contributed by atoms with Gasteiger partial charge in [0, 0.05) is 18.8 Å². The Kier molecular flexibility index (Phi) is 5.20. The van der Waals surface area contributed by atoms with E-state index in [4.69, 9.17) is 0 Å². The topological polar surface area (TPSA) is 81.3 Å². The Morgan fingerprint density at radius 2 is 1.90 bits per heavy atom. The lowest BCUT2D eigenvalue weighted by molar-refractivity contribution is -0.121. The summed E-state index contributed by atoms with van der Waals surface area (Å²) in [5.74, 6) is 0.945. The highest BCUT2D eigenvalue weighted by Gasteiger charge is 2.30. The van der Waals surface area contributed by atoms with Gasteiger partial charge >= 0.3 is 6.03 Å². The average Bonchev–Trinajstić information content (AvgIpc) is 3.30. The van der Waals surface area contributed by atoms with Crippen molar-refractivity contribution < 1.29 is 9.59 Å². The van der Waals surface area contributed by atoms with E-state index in [2.05, 4.69) is 41.3 Å². The third-order valence-electron chi connectivity index (χ3n) is 5.19. The molecule has 0 saturated carbocycles. The van der Waals surface area contributed by atoms with Crippen molar-refractivity contribution >= 4 is 28.7 Å². The van der Waals surface area contributed by atoms with Crippen LogP contribution in [-0.4, -0.2) is 46.4 Å². The summed E-state index contributed by atoms with van der Waals surface area (Å²) in [5, 5.41) is 2.84. The summed E-state index contributed by atoms with van der Waals surface area (Å²) in [7, 11) is 0. The summed E-state index contributed by atoms with van der Waals surface area (Å²) in [6, 6.07) is 15.6. The fourth-order valence-corrected chi connectivity index (χ4v) is 3.51. The van der Waals surface area contributed by atoms with Crippen molar-refractivity contribution in [2.75, 3.05) is 24.5 Å². The molecule has 1 aromatic heterocycles. The Hall–Kier alpha value is -3.35. The lowest BCUT2D eigenvalue weighted by Crippen LogP contribution is -2.39. The van der Waals surface area contributed by atoms with Crippen molar-refractivity contribution in [1.82, 2.24) is 20.2 Å². The van der Waals surface area contributed by atoms with Crippen molar-refractivity contribution in [3.63, 3.8) is 0 Å². The molecule has 3 aromatic rings. The van der Waals surface area contributed by atoms with Crippen molar-refractivity contribution in [3.8, 4) is 0 Å². The van der Waals surface area contributed by atoms with Gasteiger partial charge in [0.1, 0.15) is 12.4 Å². The molecule has 0 unspecified atom stereocenters. The number of aromatic amines is 1. The van der Waals surface area contributed by atoms with Crippen LogP contribution in [0.4, 0.5) is 10.5 Å². The van der Waals surface area contributed by atoms with Gasteiger partial charge in [-0.25, -0.2) is 9.78 Å². The van der Waals surface area contributed by atoms with E-state index in [0.29, 0.717) is 31.4 Å². The minimum absolute atomic E-state index is 0.0413. The van der Waals surface area contributed by atoms with Gasteiger partial charge in [-0.15, -0.1) is 0 Å². The van der Waals surface area contributed by atoms with E-state index in [0.717, 1.165) is 16.7 Å². The largest absolute Gasteiger partial charge is 0.347 e. The molecule has 1 saturated heterocycles. The number of urea groups is 1. The summed E-state index contributed by atoms with van der Waals surface area (Å²) in [5.41, 5.74) is 3.91. The van der Waals surface area contributed by atoms with Crippen LogP contribution in [-0.2, 0) is 11.3 Å². The molecule has 1 aliphatic rings. The third kappa shape index (κ3) is 4.08. The number of anilines is 1. The Morgan fingerprint density at radius 3 is 2.62 bits per heavy atom. The molecule has 150 valence electrons. The van der Waals surface area contributed by atoms with E-state index in [9.17, 15) is 9.59 Å². The first-order chi connectivity index (χ1) is 14.0. The highest BCUT2D eigenvalue weighted by Crippen LogP contribution is 2.23. The van der Waals surface area contributed by atoms with Crippen molar-refractivity contribution in [1.29, 1.82) is 0 Å². The zero-order chi connectivity index (χ0) is 20.4. The maximum atomic E-state index is 12.7. The van der Waals surface area contributed by atoms with Crippen LogP contribution >= 0.6 is 0 Å². The Labute approximate surface area is 169 Å². The number of para-hydroxylation sites is 2. The van der Waals surface area contributed by atoms with Gasteiger partial charge in [0.2, 0.25) is 5.91 Å². The van der Waals surface area contributed by atoms with Crippen LogP contribution in [0.2, 0.25) is 0 Å². The maximum absolute atomic E-state index is 12.7. The van der Waals surface area contributed by atoms with Gasteiger partial charge in [0.15, 0.2) is 0 Å². The minimum atomic E-state index is -0.198. The second-order valence-corrected chi connectivity index (χ2v) is 7.58. The van der Waals surface area contributed by atoms with Crippen LogP contribution in [0.3, 0.4) is 0 Å². The predicted molar refractivity (Wildman–Crippen MR) is 113 cm³/mol. The van der Waals surface area contributed by atoms with Crippen molar-refractivity contribution in [2.24, 2.45) is 0 Å². The molecule has 0 atom stereocenters. The van der Waals surface area contributed by atoms with Crippen molar-refractivity contribution in [3.05, 3.63) is 59.9 Å². The lowest BCUT2D eigenvalue weighted by atomic mass is 10.0. The summed E-state index contributed by atoms with van der Waals surface area (Å²) in [4.78, 5) is 36.0. The molecule has 0 radical (unpaired) electrons. The van der Waals surface area contributed by atoms with Crippen LogP contribution in [0.25, 0.3) is 11.0 Å². The lowest BCUT2D eigenvalue weighted by Gasteiger charge is -2.19. The number of amides is 3. The Bertz CT molecular complexity index is 992. The summed E-state index contributed by atoms with van der Waals surface area (Å²) < 4.78 is 0. The zero-order valence-electron chi connectivity index (χ0n) is 16.7. The SMILES string of the molecule is CC(C)c1ccc(N2CCN(CC(=O)NCc3nc4ccccc4[nH]3)C2=O)cc1. The molecule has 1 fully saturated rings. The number of carbonyl (C=O) groups is 2. The second-order valence-electron chi connectivity index (χ2n) is 7.58. The molecule has 7 heteroatoms. The highest BCUT2D eigenvalue weighted by atomic mass is 16.2. The molecule has 0 bridgehead atoms. The molecule has 1 aliphatic heterocycles. The molecule has 7 nitrogen and oxygen atoms in total. The van der Waals surface area contributed by atoms with Crippen LogP contribution in [0.1, 0.15) is 31.2 Å². The molecule has 0 spiro atoms. The number of benzene rings is 2. The van der Waals surface area contributed by atoms with Gasteiger partial charge in [-0.3, -0.25) is 9.69 Å². The Morgan fingerprint density at radius 1 is 1.14 bits per heavy atom. The first-order valence-corrected chi connectivity index (χ1v) is 9.88. The van der Waals surface area contributed by atoms with E-state index in [1.807, 2.05) is 36.4 Å². The van der Waals surface area contributed by atoms with Crippen LogP contribution < -0.4 is 10.2 Å². The van der Waals surface area contributed by atoms with Gasteiger partial charge in [0.05, 0.1) is 17.6 Å². The number of hydrogen-bond acceptors (Lipinski definition) is 3. The molecule has 2 N–H and O–H groups in total. The molecule has 29 heavy (non-hydrogen) atoms. The summed E-state index contributed by atoms with van der Waals surface area (Å²) in [6.07, 6.45) is 0. The quantitative estimate of drug-likeness (QED) is 0.677. The van der Waals surface area contributed by atoms with Gasteiger partial charge in [-0.05, 0) is 35.7 Å². The van der Waals surface area contributed by atoms with E-state index < -0.39 is 0 Å². The number of carbonyl (C=O) groups excluding carboxylic acids is 2. The molecular weight excluding hydrogens is 366 g/mol. The first-order valence-electron chi connectivity index (χ1n) is 9.88. The minimum Gasteiger partial charge on any atom is -0.347 e. The summed E-state index contributed by atoms with van der Waals surface area (Å²) >= 11 is 0. The van der Waals surface area contributed by atoms with Gasteiger partial charge < -0.3 is 15.2 Å². The molecule has 2 heterocycles. The van der Waals surface area contributed by atoms with Crippen LogP contribution in [0.15, 0.2) is 48.5 Å². The van der Waals surface area contributed by atoms with Gasteiger partial charge in [-0.1, -0.05) is 38.1 Å². The van der Waals surface area contributed by atoms with Crippen LogP contribution in [0, 0.1) is 0 Å². The van der Waals surface area contributed by atoms with E-state index in [1.54, 1.807) is 9.80 Å². The Balaban J connectivity index is 1.32. The number of fused-ring (bicyclic) bond motifs is 1. The number of aromatic nitrogens is 2. The normalized spacial score (nSPS) is 14.2. The first kappa shape index (κ1) is 19.0. The smallest absolute Gasteiger partial charge is 0.325 e. The monoisotopic (exact) mass is 391 g/mol. The fourth-order valence-electron chi connectivity index (χ4n) is 3.51. The maximum Gasteiger partial charge on any atom is 0.325 e. The summed E-state index contributed by atoms with van der Waals surface area (Å²) in [6.45, 7) is 5.73. The molecule has 4 rings (SSSR count). The van der Waals surface area contributed by atoms with Crippen LogP contribution in [0.5, 0.6) is 0 Å². The second kappa shape index (κ2) is 7.95. The standard InChI is InChI=1S/C22H25N5O2/c1-15(2)16-7-9-17(10-8-16)27-12-11-26(22(27)29)14-21(28)23-13-20-24-18-5-3-4-6-19(18)25-20/h3-10,15H,11-14H2,1-2H3,(H,23,28)(H,24,25). The molecule has 2 aromatic carbocycles. The van der Waals surface area contributed by atoms with E-state index in [-0.39, 0.29) is 18.5 Å².